The maximum atomic E-state index is 13.4. The van der Waals surface area contributed by atoms with E-state index in [1.165, 1.54) is 17.0 Å². The van der Waals surface area contributed by atoms with Crippen LogP contribution in [0.3, 0.4) is 0 Å². The average Bonchev–Trinajstić information content (AvgIpc) is 2.43. The van der Waals surface area contributed by atoms with Crippen molar-refractivity contribution in [1.82, 2.24) is 4.90 Å². The quantitative estimate of drug-likeness (QED) is 0.844. The minimum absolute atomic E-state index is 0.0164. The number of phenolic OH excluding ortho intramolecular Hbond substituents is 1. The molecule has 0 aliphatic carbocycles. The third-order valence-electron chi connectivity index (χ3n) is 2.95. The molecule has 2 rings (SSSR count). The summed E-state index contributed by atoms with van der Waals surface area (Å²) in [6, 6.07) is 10.6. The molecule has 20 heavy (non-hydrogen) atoms. The fourth-order valence-electron chi connectivity index (χ4n) is 1.83. The zero-order chi connectivity index (χ0) is 14.7. The maximum Gasteiger partial charge on any atom is 0.254 e. The van der Waals surface area contributed by atoms with Crippen molar-refractivity contribution in [1.29, 1.82) is 0 Å². The largest absolute Gasteiger partial charge is 0.508 e. The van der Waals surface area contributed by atoms with E-state index in [9.17, 15) is 14.3 Å². The topological polar surface area (TPSA) is 66.6 Å². The Labute approximate surface area is 116 Å². The number of hydrogen-bond acceptors (Lipinski definition) is 3. The Hall–Kier alpha value is -2.56. The molecule has 104 valence electrons. The van der Waals surface area contributed by atoms with Crippen molar-refractivity contribution in [3.8, 4) is 5.75 Å². The standard InChI is InChI=1S/C15H15FN2O2/c1-18(9-10-2-5-12(19)6-3-10)15(20)11-4-7-14(17)13(16)8-11/h2-8,19H,9,17H2,1H3. The van der Waals surface area contributed by atoms with E-state index in [1.807, 2.05) is 0 Å². The van der Waals surface area contributed by atoms with E-state index < -0.39 is 5.82 Å². The molecular weight excluding hydrogens is 259 g/mol. The Balaban J connectivity index is 2.11. The van der Waals surface area contributed by atoms with E-state index in [1.54, 1.807) is 31.3 Å². The molecule has 0 bridgehead atoms. The lowest BCUT2D eigenvalue weighted by Crippen LogP contribution is -2.26. The highest BCUT2D eigenvalue weighted by molar-refractivity contribution is 5.94. The first-order chi connectivity index (χ1) is 9.47. The Morgan fingerprint density at radius 1 is 1.25 bits per heavy atom. The van der Waals surface area contributed by atoms with Gasteiger partial charge in [0.25, 0.3) is 5.91 Å². The number of nitrogens with two attached hydrogens (primary N) is 1. The number of nitrogens with zero attached hydrogens (tertiary/aromatic N) is 1. The summed E-state index contributed by atoms with van der Waals surface area (Å²) in [6.07, 6.45) is 0. The van der Waals surface area contributed by atoms with Crippen LogP contribution >= 0.6 is 0 Å². The van der Waals surface area contributed by atoms with E-state index in [0.717, 1.165) is 11.6 Å². The molecule has 0 aliphatic heterocycles. The van der Waals surface area contributed by atoms with Crippen LogP contribution in [0.25, 0.3) is 0 Å². The van der Waals surface area contributed by atoms with Gasteiger partial charge in [0.2, 0.25) is 0 Å². The highest BCUT2D eigenvalue weighted by Crippen LogP contribution is 2.15. The fraction of sp³-hybridized carbons (Fsp3) is 0.133. The lowest BCUT2D eigenvalue weighted by atomic mass is 10.1. The van der Waals surface area contributed by atoms with Gasteiger partial charge in [0.05, 0.1) is 5.69 Å². The van der Waals surface area contributed by atoms with Crippen molar-refractivity contribution >= 4 is 11.6 Å². The Morgan fingerprint density at radius 3 is 2.50 bits per heavy atom. The van der Waals surface area contributed by atoms with E-state index in [-0.39, 0.29) is 22.9 Å². The van der Waals surface area contributed by atoms with Crippen LogP contribution in [0.5, 0.6) is 5.75 Å². The molecule has 0 aromatic heterocycles. The number of amides is 1. The molecule has 0 radical (unpaired) electrons. The molecule has 5 heteroatoms. The second-order valence-corrected chi connectivity index (χ2v) is 4.56. The normalized spacial score (nSPS) is 10.3. The summed E-state index contributed by atoms with van der Waals surface area (Å²) < 4.78 is 13.4. The van der Waals surface area contributed by atoms with E-state index in [0.29, 0.717) is 6.54 Å². The first-order valence-corrected chi connectivity index (χ1v) is 6.06. The molecule has 1 amide bonds. The van der Waals surface area contributed by atoms with Gasteiger partial charge in [0.15, 0.2) is 0 Å². The van der Waals surface area contributed by atoms with Crippen LogP contribution in [0.1, 0.15) is 15.9 Å². The minimum Gasteiger partial charge on any atom is -0.508 e. The number of anilines is 1. The molecule has 4 nitrogen and oxygen atoms in total. The third kappa shape index (κ3) is 3.06. The van der Waals surface area contributed by atoms with Crippen LogP contribution in [0.2, 0.25) is 0 Å². The van der Waals surface area contributed by atoms with Crippen LogP contribution in [-0.4, -0.2) is 23.0 Å². The van der Waals surface area contributed by atoms with Crippen LogP contribution in [0, 0.1) is 5.82 Å². The Kier molecular flexibility index (Phi) is 3.89. The summed E-state index contributed by atoms with van der Waals surface area (Å²) in [6.45, 7) is 0.366. The van der Waals surface area contributed by atoms with Crippen LogP contribution in [-0.2, 0) is 6.54 Å². The molecule has 0 spiro atoms. The van der Waals surface area contributed by atoms with Crippen LogP contribution in [0.15, 0.2) is 42.5 Å². The molecule has 3 N–H and O–H groups in total. The van der Waals surface area contributed by atoms with Gasteiger partial charge >= 0.3 is 0 Å². The predicted molar refractivity (Wildman–Crippen MR) is 74.7 cm³/mol. The van der Waals surface area contributed by atoms with Crippen molar-refractivity contribution in [2.45, 2.75) is 6.54 Å². The first kappa shape index (κ1) is 13.9. The zero-order valence-electron chi connectivity index (χ0n) is 11.0. The van der Waals surface area contributed by atoms with Crippen molar-refractivity contribution in [3.05, 3.63) is 59.4 Å². The van der Waals surface area contributed by atoms with Gasteiger partial charge < -0.3 is 15.7 Å². The maximum absolute atomic E-state index is 13.4. The van der Waals surface area contributed by atoms with Gasteiger partial charge in [-0.15, -0.1) is 0 Å². The van der Waals surface area contributed by atoms with E-state index in [4.69, 9.17) is 5.73 Å². The third-order valence-corrected chi connectivity index (χ3v) is 2.95. The number of rotatable bonds is 3. The lowest BCUT2D eigenvalue weighted by Gasteiger charge is -2.17. The number of benzene rings is 2. The van der Waals surface area contributed by atoms with Gasteiger partial charge in [-0.1, -0.05) is 12.1 Å². The summed E-state index contributed by atoms with van der Waals surface area (Å²) in [4.78, 5) is 13.6. The summed E-state index contributed by atoms with van der Waals surface area (Å²) in [5.74, 6) is -0.728. The lowest BCUT2D eigenvalue weighted by molar-refractivity contribution is 0.0784. The zero-order valence-corrected chi connectivity index (χ0v) is 11.0. The molecule has 0 atom stereocenters. The summed E-state index contributed by atoms with van der Waals surface area (Å²) in [5, 5.41) is 9.20. The number of hydrogen-bond donors (Lipinski definition) is 2. The molecule has 2 aromatic carbocycles. The molecule has 0 aliphatic rings. The number of halogens is 1. The second-order valence-electron chi connectivity index (χ2n) is 4.56. The minimum atomic E-state index is -0.603. The molecule has 0 heterocycles. The summed E-state index contributed by atoms with van der Waals surface area (Å²) in [7, 11) is 1.63. The number of nitrogen functional groups attached to an aromatic ring is 1. The van der Waals surface area contributed by atoms with Gasteiger partial charge in [-0.2, -0.15) is 0 Å². The van der Waals surface area contributed by atoms with Crippen LogP contribution in [0.4, 0.5) is 10.1 Å². The summed E-state index contributed by atoms with van der Waals surface area (Å²) in [5.41, 5.74) is 6.51. The van der Waals surface area contributed by atoms with Crippen molar-refractivity contribution in [3.63, 3.8) is 0 Å². The fourth-order valence-corrected chi connectivity index (χ4v) is 1.83. The first-order valence-electron chi connectivity index (χ1n) is 6.06. The molecule has 0 saturated heterocycles. The number of carbonyl (C=O) groups is 1. The molecule has 0 fully saturated rings. The number of aromatic hydroxyl groups is 1. The van der Waals surface area contributed by atoms with Gasteiger partial charge in [-0.25, -0.2) is 4.39 Å². The van der Waals surface area contributed by atoms with Crippen molar-refractivity contribution < 1.29 is 14.3 Å². The monoisotopic (exact) mass is 274 g/mol. The summed E-state index contributed by atoms with van der Waals surface area (Å²) >= 11 is 0. The predicted octanol–water partition coefficient (Wildman–Crippen LogP) is 2.39. The molecule has 0 saturated carbocycles. The SMILES string of the molecule is CN(Cc1ccc(O)cc1)C(=O)c1ccc(N)c(F)c1. The highest BCUT2D eigenvalue weighted by atomic mass is 19.1. The molecule has 0 unspecified atom stereocenters. The number of phenols is 1. The van der Waals surface area contributed by atoms with E-state index >= 15 is 0 Å². The van der Waals surface area contributed by atoms with Gasteiger partial charge in [-0.05, 0) is 35.9 Å². The smallest absolute Gasteiger partial charge is 0.254 e. The van der Waals surface area contributed by atoms with Crippen LogP contribution < -0.4 is 5.73 Å². The Morgan fingerprint density at radius 2 is 1.90 bits per heavy atom. The van der Waals surface area contributed by atoms with Gasteiger partial charge in [-0.3, -0.25) is 4.79 Å². The van der Waals surface area contributed by atoms with Gasteiger partial charge in [0.1, 0.15) is 11.6 Å². The van der Waals surface area contributed by atoms with Crippen molar-refractivity contribution in [2.75, 3.05) is 12.8 Å². The van der Waals surface area contributed by atoms with Gasteiger partial charge in [0, 0.05) is 19.2 Å². The highest BCUT2D eigenvalue weighted by Gasteiger charge is 2.13. The molecule has 2 aromatic rings. The molecular formula is C15H15FN2O2. The second kappa shape index (κ2) is 5.61. The van der Waals surface area contributed by atoms with Crippen molar-refractivity contribution in [2.24, 2.45) is 0 Å². The van der Waals surface area contributed by atoms with E-state index in [2.05, 4.69) is 0 Å². The average molecular weight is 274 g/mol. The Bertz CT molecular complexity index is 626. The number of carbonyl (C=O) groups excluding carboxylic acids is 1.